The molecule has 2 aromatic carbocycles. The third-order valence-corrected chi connectivity index (χ3v) is 5.23. The first kappa shape index (κ1) is 18.1. The minimum absolute atomic E-state index is 0.0488. The highest BCUT2D eigenvalue weighted by Crippen LogP contribution is 2.29. The Balaban J connectivity index is 1.84. The Morgan fingerprint density at radius 1 is 1.15 bits per heavy atom. The van der Waals surface area contributed by atoms with Crippen LogP contribution < -0.4 is 4.74 Å². The van der Waals surface area contributed by atoms with E-state index < -0.39 is 0 Å². The second-order valence-corrected chi connectivity index (χ2v) is 7.28. The monoisotopic (exact) mass is 368 g/mol. The summed E-state index contributed by atoms with van der Waals surface area (Å²) in [7, 11) is 1.60. The van der Waals surface area contributed by atoms with Gasteiger partial charge in [0.15, 0.2) is 5.78 Å². The first-order chi connectivity index (χ1) is 12.5. The Kier molecular flexibility index (Phi) is 5.37. The molecular weight excluding hydrogens is 348 g/mol. The predicted octanol–water partition coefficient (Wildman–Crippen LogP) is 3.65. The average Bonchev–Trinajstić information content (AvgIpc) is 3.11. The van der Waals surface area contributed by atoms with Crippen molar-refractivity contribution in [3.05, 3.63) is 59.2 Å². The maximum Gasteiger partial charge on any atom is 0.214 e. The van der Waals surface area contributed by atoms with Gasteiger partial charge in [0.25, 0.3) is 0 Å². The van der Waals surface area contributed by atoms with Crippen LogP contribution in [0, 0.1) is 13.8 Å². The summed E-state index contributed by atoms with van der Waals surface area (Å²) in [6.07, 6.45) is 0. The molecule has 0 fully saturated rings. The second kappa shape index (κ2) is 7.70. The molecule has 0 N–H and O–H groups in total. The van der Waals surface area contributed by atoms with E-state index >= 15 is 0 Å². The lowest BCUT2D eigenvalue weighted by Crippen LogP contribution is -2.15. The van der Waals surface area contributed by atoms with Crippen molar-refractivity contribution in [1.29, 1.82) is 0 Å². The number of aromatic nitrogens is 4. The molecule has 0 aliphatic rings. The van der Waals surface area contributed by atoms with E-state index in [1.807, 2.05) is 63.2 Å². The summed E-state index contributed by atoms with van der Waals surface area (Å²) < 4.78 is 6.97. The van der Waals surface area contributed by atoms with Crippen molar-refractivity contribution in [2.24, 2.45) is 0 Å². The van der Waals surface area contributed by atoms with Crippen molar-refractivity contribution >= 4 is 17.5 Å². The fraction of sp³-hybridized carbons (Fsp3) is 0.263. The Hall–Kier alpha value is -2.67. The molecule has 0 amide bonds. The normalized spacial score (nSPS) is 12.0. The quantitative estimate of drug-likeness (QED) is 0.489. The number of aryl methyl sites for hydroxylation is 2. The van der Waals surface area contributed by atoms with E-state index in [9.17, 15) is 4.79 Å². The van der Waals surface area contributed by atoms with Crippen LogP contribution in [0.15, 0.2) is 47.6 Å². The summed E-state index contributed by atoms with van der Waals surface area (Å²) in [6.45, 7) is 5.90. The number of nitrogens with zero attached hydrogens (tertiary/aromatic N) is 4. The molecule has 0 aliphatic heterocycles. The van der Waals surface area contributed by atoms with Crippen molar-refractivity contribution in [3.63, 3.8) is 0 Å². The number of methoxy groups -OCH3 is 1. The first-order valence-electron chi connectivity index (χ1n) is 8.21. The van der Waals surface area contributed by atoms with Crippen molar-refractivity contribution < 1.29 is 9.53 Å². The van der Waals surface area contributed by atoms with Crippen LogP contribution in [0.1, 0.15) is 28.4 Å². The SMILES string of the molecule is COc1ccccc1-n1nnnc1SC(C)C(=O)c1ccc(C)c(C)c1. The van der Waals surface area contributed by atoms with Crippen LogP contribution in [-0.2, 0) is 0 Å². The largest absolute Gasteiger partial charge is 0.494 e. The van der Waals surface area contributed by atoms with Gasteiger partial charge in [-0.15, -0.1) is 5.10 Å². The summed E-state index contributed by atoms with van der Waals surface area (Å²) in [5.74, 6) is 0.711. The Morgan fingerprint density at radius 3 is 2.65 bits per heavy atom. The lowest BCUT2D eigenvalue weighted by molar-refractivity contribution is 0.0993. The molecule has 0 saturated heterocycles. The van der Waals surface area contributed by atoms with Gasteiger partial charge in [-0.3, -0.25) is 4.79 Å². The molecule has 1 heterocycles. The number of carbonyl (C=O) groups is 1. The molecule has 7 heteroatoms. The van der Waals surface area contributed by atoms with E-state index in [-0.39, 0.29) is 11.0 Å². The van der Waals surface area contributed by atoms with E-state index in [0.29, 0.717) is 16.5 Å². The molecule has 26 heavy (non-hydrogen) atoms. The summed E-state index contributed by atoms with van der Waals surface area (Å²) in [4.78, 5) is 12.8. The Bertz CT molecular complexity index is 939. The Morgan fingerprint density at radius 2 is 1.92 bits per heavy atom. The molecular formula is C19H20N4O2S. The molecule has 0 bridgehead atoms. The molecule has 134 valence electrons. The van der Waals surface area contributed by atoms with Gasteiger partial charge in [0.1, 0.15) is 11.4 Å². The summed E-state index contributed by atoms with van der Waals surface area (Å²) in [5, 5.41) is 12.1. The van der Waals surface area contributed by atoms with Crippen LogP contribution in [-0.4, -0.2) is 38.4 Å². The fourth-order valence-corrected chi connectivity index (χ4v) is 3.43. The molecule has 1 unspecified atom stereocenters. The zero-order chi connectivity index (χ0) is 18.7. The first-order valence-corrected chi connectivity index (χ1v) is 9.09. The van der Waals surface area contributed by atoms with E-state index in [1.54, 1.807) is 11.8 Å². The number of hydrogen-bond donors (Lipinski definition) is 0. The minimum atomic E-state index is -0.323. The maximum absolute atomic E-state index is 12.8. The van der Waals surface area contributed by atoms with Gasteiger partial charge in [-0.25, -0.2) is 0 Å². The number of tetrazole rings is 1. The number of ether oxygens (including phenoxy) is 1. The van der Waals surface area contributed by atoms with E-state index in [0.717, 1.165) is 11.3 Å². The standard InChI is InChI=1S/C19H20N4O2S/c1-12-9-10-15(11-13(12)2)18(24)14(3)26-19-20-21-22-23(19)16-7-5-6-8-17(16)25-4/h5-11,14H,1-4H3. The van der Waals surface area contributed by atoms with E-state index in [4.69, 9.17) is 4.74 Å². The summed E-state index contributed by atoms with van der Waals surface area (Å²) in [5.41, 5.74) is 3.70. The van der Waals surface area contributed by atoms with E-state index in [2.05, 4.69) is 15.5 Å². The topological polar surface area (TPSA) is 69.9 Å². The highest BCUT2D eigenvalue weighted by atomic mass is 32.2. The van der Waals surface area contributed by atoms with Crippen LogP contribution >= 0.6 is 11.8 Å². The fourth-order valence-electron chi connectivity index (χ4n) is 2.55. The maximum atomic E-state index is 12.8. The van der Waals surface area contributed by atoms with Gasteiger partial charge in [-0.05, 0) is 60.5 Å². The number of Topliss-reactive ketones (excluding diaryl/α,β-unsaturated/α-hetero) is 1. The smallest absolute Gasteiger partial charge is 0.214 e. The van der Waals surface area contributed by atoms with Crippen LogP contribution in [0.25, 0.3) is 5.69 Å². The van der Waals surface area contributed by atoms with Gasteiger partial charge in [0, 0.05) is 5.56 Å². The zero-order valence-corrected chi connectivity index (χ0v) is 15.9. The highest BCUT2D eigenvalue weighted by Gasteiger charge is 2.21. The molecule has 3 aromatic rings. The third-order valence-electron chi connectivity index (χ3n) is 4.20. The zero-order valence-electron chi connectivity index (χ0n) is 15.1. The average molecular weight is 368 g/mol. The Labute approximate surface area is 156 Å². The van der Waals surface area contributed by atoms with Crippen LogP contribution in [0.5, 0.6) is 5.75 Å². The van der Waals surface area contributed by atoms with Crippen molar-refractivity contribution in [2.75, 3.05) is 7.11 Å². The lowest BCUT2D eigenvalue weighted by atomic mass is 10.0. The molecule has 3 rings (SSSR count). The third kappa shape index (κ3) is 3.62. The van der Waals surface area contributed by atoms with Gasteiger partial charge in [-0.1, -0.05) is 36.0 Å². The van der Waals surface area contributed by atoms with Crippen LogP contribution in [0.3, 0.4) is 0 Å². The molecule has 0 aliphatic carbocycles. The van der Waals surface area contributed by atoms with Crippen LogP contribution in [0.4, 0.5) is 0 Å². The number of ketones is 1. The number of benzene rings is 2. The molecule has 0 spiro atoms. The van der Waals surface area contributed by atoms with Crippen molar-refractivity contribution in [2.45, 2.75) is 31.2 Å². The van der Waals surface area contributed by atoms with Gasteiger partial charge in [-0.2, -0.15) is 4.68 Å². The number of para-hydroxylation sites is 2. The van der Waals surface area contributed by atoms with Crippen LogP contribution in [0.2, 0.25) is 0 Å². The number of carbonyl (C=O) groups excluding carboxylic acids is 1. The number of rotatable bonds is 6. The molecule has 1 atom stereocenters. The molecule has 0 radical (unpaired) electrons. The summed E-state index contributed by atoms with van der Waals surface area (Å²) >= 11 is 1.33. The van der Waals surface area contributed by atoms with Gasteiger partial charge >= 0.3 is 0 Å². The van der Waals surface area contributed by atoms with Crippen molar-refractivity contribution in [1.82, 2.24) is 20.2 Å². The molecule has 1 aromatic heterocycles. The van der Waals surface area contributed by atoms with E-state index in [1.165, 1.54) is 17.3 Å². The molecule has 6 nitrogen and oxygen atoms in total. The second-order valence-electron chi connectivity index (χ2n) is 5.97. The predicted molar refractivity (Wildman–Crippen MR) is 101 cm³/mol. The number of thioether (sulfide) groups is 1. The summed E-state index contributed by atoms with van der Waals surface area (Å²) in [6, 6.07) is 13.2. The van der Waals surface area contributed by atoms with Crippen molar-refractivity contribution in [3.8, 4) is 11.4 Å². The lowest BCUT2D eigenvalue weighted by Gasteiger charge is -2.12. The number of hydrogen-bond acceptors (Lipinski definition) is 6. The minimum Gasteiger partial charge on any atom is -0.494 e. The van der Waals surface area contributed by atoms with Gasteiger partial charge in [0.05, 0.1) is 12.4 Å². The van der Waals surface area contributed by atoms with Gasteiger partial charge in [0.2, 0.25) is 5.16 Å². The molecule has 0 saturated carbocycles. The van der Waals surface area contributed by atoms with Gasteiger partial charge < -0.3 is 4.74 Å². The highest BCUT2D eigenvalue weighted by molar-refractivity contribution is 8.00.